The lowest BCUT2D eigenvalue weighted by Gasteiger charge is -2.34. The highest BCUT2D eigenvalue weighted by Crippen LogP contribution is 2.22. The van der Waals surface area contributed by atoms with Gasteiger partial charge in [0, 0.05) is 37.7 Å². The smallest absolute Gasteiger partial charge is 0.251 e. The van der Waals surface area contributed by atoms with Crippen LogP contribution >= 0.6 is 0 Å². The van der Waals surface area contributed by atoms with E-state index in [9.17, 15) is 14.4 Å². The number of likely N-dealkylation sites (tertiary alicyclic amines) is 2. The highest BCUT2D eigenvalue weighted by atomic mass is 16.2. The molecule has 3 rings (SSSR count). The monoisotopic (exact) mass is 399 g/mol. The second kappa shape index (κ2) is 9.90. The fourth-order valence-corrected chi connectivity index (χ4v) is 4.18. The Hall–Kier alpha value is -2.37. The lowest BCUT2D eigenvalue weighted by atomic mass is 9.95. The van der Waals surface area contributed by atoms with Crippen LogP contribution in [0.2, 0.25) is 0 Å². The SMILES string of the molecule is Cc1ccc(C(=O)NCC(=O)N2CCC(C(=O)N3CCCCCC3)CC2)cc1C. The molecule has 0 saturated carbocycles. The number of hydrogen-bond acceptors (Lipinski definition) is 3. The minimum atomic E-state index is -0.229. The van der Waals surface area contributed by atoms with Gasteiger partial charge >= 0.3 is 0 Å². The Kier molecular flexibility index (Phi) is 7.29. The normalized spacial score (nSPS) is 18.3. The predicted molar refractivity (Wildman–Crippen MR) is 113 cm³/mol. The number of piperidine rings is 1. The van der Waals surface area contributed by atoms with Crippen molar-refractivity contribution in [1.82, 2.24) is 15.1 Å². The third-order valence-electron chi connectivity index (χ3n) is 6.28. The Labute approximate surface area is 173 Å². The molecule has 0 aliphatic carbocycles. The van der Waals surface area contributed by atoms with Crippen LogP contribution < -0.4 is 5.32 Å². The van der Waals surface area contributed by atoms with Crippen molar-refractivity contribution >= 4 is 17.7 Å². The highest BCUT2D eigenvalue weighted by Gasteiger charge is 2.30. The van der Waals surface area contributed by atoms with Crippen molar-refractivity contribution in [2.45, 2.75) is 52.4 Å². The van der Waals surface area contributed by atoms with Gasteiger partial charge in [0.1, 0.15) is 0 Å². The Bertz CT molecular complexity index is 746. The molecule has 0 spiro atoms. The van der Waals surface area contributed by atoms with Gasteiger partial charge in [0.15, 0.2) is 0 Å². The van der Waals surface area contributed by atoms with Crippen molar-refractivity contribution in [1.29, 1.82) is 0 Å². The van der Waals surface area contributed by atoms with E-state index < -0.39 is 0 Å². The first-order valence-electron chi connectivity index (χ1n) is 10.9. The molecule has 6 heteroatoms. The number of aryl methyl sites for hydroxylation is 2. The molecule has 1 aromatic rings. The highest BCUT2D eigenvalue weighted by molar-refractivity contribution is 5.96. The Balaban J connectivity index is 1.44. The van der Waals surface area contributed by atoms with Crippen molar-refractivity contribution in [3.05, 3.63) is 34.9 Å². The Morgan fingerprint density at radius 2 is 1.55 bits per heavy atom. The number of nitrogens with zero attached hydrogens (tertiary/aromatic N) is 2. The quantitative estimate of drug-likeness (QED) is 0.846. The topological polar surface area (TPSA) is 69.7 Å². The van der Waals surface area contributed by atoms with E-state index in [1.165, 1.54) is 12.8 Å². The first kappa shape index (κ1) is 21.3. The summed E-state index contributed by atoms with van der Waals surface area (Å²) in [5.74, 6) is -0.0140. The van der Waals surface area contributed by atoms with Crippen LogP contribution in [0.1, 0.15) is 60.0 Å². The van der Waals surface area contributed by atoms with Crippen molar-refractivity contribution < 1.29 is 14.4 Å². The minimum Gasteiger partial charge on any atom is -0.343 e. The van der Waals surface area contributed by atoms with Crippen molar-refractivity contribution in [3.8, 4) is 0 Å². The van der Waals surface area contributed by atoms with Crippen LogP contribution in [0.5, 0.6) is 0 Å². The largest absolute Gasteiger partial charge is 0.343 e. The first-order chi connectivity index (χ1) is 14.0. The van der Waals surface area contributed by atoms with Crippen LogP contribution in [0.3, 0.4) is 0 Å². The van der Waals surface area contributed by atoms with Crippen LogP contribution in [0.4, 0.5) is 0 Å². The molecule has 2 saturated heterocycles. The molecule has 1 aromatic carbocycles. The number of carbonyl (C=O) groups excluding carboxylic acids is 3. The maximum atomic E-state index is 12.8. The van der Waals surface area contributed by atoms with Crippen LogP contribution in [-0.4, -0.2) is 60.2 Å². The fourth-order valence-electron chi connectivity index (χ4n) is 4.18. The summed E-state index contributed by atoms with van der Waals surface area (Å²) in [6.45, 7) is 6.89. The number of rotatable bonds is 4. The third kappa shape index (κ3) is 5.58. The Morgan fingerprint density at radius 1 is 0.897 bits per heavy atom. The molecule has 6 nitrogen and oxygen atoms in total. The fraction of sp³-hybridized carbons (Fsp3) is 0.609. The molecular weight excluding hydrogens is 366 g/mol. The zero-order chi connectivity index (χ0) is 20.8. The summed E-state index contributed by atoms with van der Waals surface area (Å²) in [6.07, 6.45) is 6.06. The lowest BCUT2D eigenvalue weighted by Crippen LogP contribution is -2.47. The summed E-state index contributed by atoms with van der Waals surface area (Å²) in [6, 6.07) is 5.54. The maximum Gasteiger partial charge on any atom is 0.251 e. The van der Waals surface area contributed by atoms with Gasteiger partial charge in [0.25, 0.3) is 5.91 Å². The van der Waals surface area contributed by atoms with E-state index in [-0.39, 0.29) is 30.2 Å². The molecule has 2 aliphatic rings. The minimum absolute atomic E-state index is 0.00348. The van der Waals surface area contributed by atoms with Gasteiger partial charge in [0.05, 0.1) is 6.54 Å². The van der Waals surface area contributed by atoms with Gasteiger partial charge in [-0.15, -0.1) is 0 Å². The van der Waals surface area contributed by atoms with E-state index in [1.807, 2.05) is 30.9 Å². The molecule has 2 fully saturated rings. The average Bonchev–Trinajstić information content (AvgIpc) is 3.03. The zero-order valence-corrected chi connectivity index (χ0v) is 17.7. The van der Waals surface area contributed by atoms with E-state index >= 15 is 0 Å². The molecule has 2 aliphatic heterocycles. The first-order valence-corrected chi connectivity index (χ1v) is 10.9. The Morgan fingerprint density at radius 3 is 2.17 bits per heavy atom. The van der Waals surface area contributed by atoms with Crippen molar-refractivity contribution in [2.24, 2.45) is 5.92 Å². The standard InChI is InChI=1S/C23H33N3O3/c1-17-7-8-20(15-18(17)2)22(28)24-16-21(27)25-13-9-19(10-14-25)23(29)26-11-5-3-4-6-12-26/h7-8,15,19H,3-6,9-14,16H2,1-2H3,(H,24,28). The molecule has 2 heterocycles. The molecular formula is C23H33N3O3. The summed E-state index contributed by atoms with van der Waals surface area (Å²) in [7, 11) is 0. The van der Waals surface area contributed by atoms with E-state index in [2.05, 4.69) is 5.32 Å². The van der Waals surface area contributed by atoms with Crippen LogP contribution in [0.15, 0.2) is 18.2 Å². The number of carbonyl (C=O) groups is 3. The van der Waals surface area contributed by atoms with Gasteiger partial charge in [0.2, 0.25) is 11.8 Å². The van der Waals surface area contributed by atoms with Gasteiger partial charge in [-0.1, -0.05) is 18.9 Å². The number of amides is 3. The summed E-state index contributed by atoms with van der Waals surface area (Å²) in [5.41, 5.74) is 2.76. The van der Waals surface area contributed by atoms with Gasteiger partial charge in [-0.2, -0.15) is 0 Å². The molecule has 0 bridgehead atoms. The lowest BCUT2D eigenvalue weighted by molar-refractivity contribution is -0.140. The van der Waals surface area contributed by atoms with E-state index in [0.29, 0.717) is 31.5 Å². The molecule has 0 unspecified atom stereocenters. The third-order valence-corrected chi connectivity index (χ3v) is 6.28. The van der Waals surface area contributed by atoms with Crippen molar-refractivity contribution in [2.75, 3.05) is 32.7 Å². The zero-order valence-electron chi connectivity index (χ0n) is 17.7. The maximum absolute atomic E-state index is 12.8. The van der Waals surface area contributed by atoms with Gasteiger partial charge < -0.3 is 15.1 Å². The molecule has 1 N–H and O–H groups in total. The van der Waals surface area contributed by atoms with Gasteiger partial charge in [-0.05, 0) is 62.8 Å². The van der Waals surface area contributed by atoms with E-state index in [0.717, 1.165) is 37.1 Å². The number of hydrogen-bond donors (Lipinski definition) is 1. The number of nitrogens with one attached hydrogen (secondary N) is 1. The van der Waals surface area contributed by atoms with E-state index in [4.69, 9.17) is 0 Å². The summed E-state index contributed by atoms with van der Waals surface area (Å²) in [4.78, 5) is 41.4. The number of benzene rings is 1. The van der Waals surface area contributed by atoms with Gasteiger partial charge in [-0.3, -0.25) is 14.4 Å². The second-order valence-electron chi connectivity index (χ2n) is 8.38. The average molecular weight is 400 g/mol. The van der Waals surface area contributed by atoms with E-state index in [1.54, 1.807) is 11.0 Å². The molecule has 29 heavy (non-hydrogen) atoms. The molecule has 0 aromatic heterocycles. The predicted octanol–water partition coefficient (Wildman–Crippen LogP) is 2.67. The second-order valence-corrected chi connectivity index (χ2v) is 8.38. The molecule has 0 radical (unpaired) electrons. The van der Waals surface area contributed by atoms with Gasteiger partial charge in [-0.25, -0.2) is 0 Å². The van der Waals surface area contributed by atoms with Crippen LogP contribution in [0.25, 0.3) is 0 Å². The molecule has 158 valence electrons. The summed E-state index contributed by atoms with van der Waals surface area (Å²) < 4.78 is 0. The summed E-state index contributed by atoms with van der Waals surface area (Å²) >= 11 is 0. The van der Waals surface area contributed by atoms with Crippen LogP contribution in [0, 0.1) is 19.8 Å². The molecule has 3 amide bonds. The molecule has 0 atom stereocenters. The van der Waals surface area contributed by atoms with Crippen LogP contribution in [-0.2, 0) is 9.59 Å². The summed E-state index contributed by atoms with van der Waals surface area (Å²) in [5, 5.41) is 2.73. The van der Waals surface area contributed by atoms with Crippen molar-refractivity contribution in [3.63, 3.8) is 0 Å².